The Morgan fingerprint density at radius 3 is 2.64 bits per heavy atom. The van der Waals surface area contributed by atoms with Crippen molar-refractivity contribution < 1.29 is 22.8 Å². The number of hydrogen-bond acceptors (Lipinski definition) is 5. The maximum absolute atomic E-state index is 13.2. The van der Waals surface area contributed by atoms with Crippen molar-refractivity contribution in [2.45, 2.75) is 25.1 Å². The van der Waals surface area contributed by atoms with E-state index in [1.165, 1.54) is 34.4 Å². The van der Waals surface area contributed by atoms with Crippen LogP contribution in [-0.4, -0.2) is 39.6 Å². The molecular formula is C21H17BrF3N5O2S. The van der Waals surface area contributed by atoms with Crippen LogP contribution in [0.5, 0.6) is 0 Å². The summed E-state index contributed by atoms with van der Waals surface area (Å²) in [4.78, 5) is 26.8. The third kappa shape index (κ3) is 5.33. The lowest BCUT2D eigenvalue weighted by Gasteiger charge is -2.24. The Balaban J connectivity index is 1.44. The Hall–Kier alpha value is -2.99. The second kappa shape index (κ2) is 9.48. The number of urea groups is 1. The van der Waals surface area contributed by atoms with Gasteiger partial charge in [0.05, 0.1) is 11.3 Å². The Labute approximate surface area is 199 Å². The second-order valence-electron chi connectivity index (χ2n) is 7.24. The molecule has 12 heteroatoms. The largest absolute Gasteiger partial charge is 0.418 e. The van der Waals surface area contributed by atoms with Crippen LogP contribution in [0.2, 0.25) is 0 Å². The molecular weight excluding hydrogens is 523 g/mol. The molecule has 2 heterocycles. The van der Waals surface area contributed by atoms with Gasteiger partial charge in [0.15, 0.2) is 0 Å². The standard InChI is InChI=1S/C21H17BrF3N5O2S/c22-13-6-3-5-12(11-13)18-28-29-19(33-18)27-17(31)16-9-4-10-30(16)20(32)26-15-8-2-1-7-14(15)21(23,24)25/h1-3,5-8,11,16H,4,9-10H2,(H,26,32)(H,27,29,31). The highest BCUT2D eigenvalue weighted by molar-refractivity contribution is 9.10. The minimum absolute atomic E-state index is 0.248. The van der Waals surface area contributed by atoms with Gasteiger partial charge in [-0.1, -0.05) is 51.5 Å². The number of hydrogen-bond donors (Lipinski definition) is 2. The lowest BCUT2D eigenvalue weighted by molar-refractivity contribution is -0.137. The average molecular weight is 540 g/mol. The van der Waals surface area contributed by atoms with Crippen LogP contribution in [0, 0.1) is 0 Å². The first-order chi connectivity index (χ1) is 15.7. The number of carbonyl (C=O) groups is 2. The van der Waals surface area contributed by atoms with Crippen molar-refractivity contribution in [3.05, 3.63) is 58.6 Å². The zero-order chi connectivity index (χ0) is 23.6. The number of rotatable bonds is 4. The maximum atomic E-state index is 13.2. The van der Waals surface area contributed by atoms with E-state index in [2.05, 4.69) is 36.8 Å². The normalized spacial score (nSPS) is 16.0. The molecule has 3 amide bonds. The fraction of sp³-hybridized carbons (Fsp3) is 0.238. The Kier molecular flexibility index (Phi) is 6.66. The summed E-state index contributed by atoms with van der Waals surface area (Å²) in [6.07, 6.45) is -3.68. The monoisotopic (exact) mass is 539 g/mol. The van der Waals surface area contributed by atoms with Crippen molar-refractivity contribution in [1.82, 2.24) is 15.1 Å². The molecule has 2 N–H and O–H groups in total. The van der Waals surface area contributed by atoms with Crippen LogP contribution in [0.1, 0.15) is 18.4 Å². The summed E-state index contributed by atoms with van der Waals surface area (Å²) in [7, 11) is 0. The van der Waals surface area contributed by atoms with E-state index in [9.17, 15) is 22.8 Å². The molecule has 1 aliphatic rings. The number of para-hydroxylation sites is 1. The molecule has 33 heavy (non-hydrogen) atoms. The number of benzene rings is 2. The van der Waals surface area contributed by atoms with Gasteiger partial charge in [0.25, 0.3) is 0 Å². The van der Waals surface area contributed by atoms with E-state index < -0.39 is 29.7 Å². The summed E-state index contributed by atoms with van der Waals surface area (Å²) in [6, 6.07) is 10.6. The summed E-state index contributed by atoms with van der Waals surface area (Å²) in [5, 5.41) is 13.9. The zero-order valence-corrected chi connectivity index (χ0v) is 19.3. The van der Waals surface area contributed by atoms with Crippen LogP contribution in [0.25, 0.3) is 10.6 Å². The molecule has 1 aromatic heterocycles. The predicted octanol–water partition coefficient (Wildman–Crippen LogP) is 5.62. The molecule has 2 aromatic carbocycles. The molecule has 1 unspecified atom stereocenters. The quantitative estimate of drug-likeness (QED) is 0.450. The van der Waals surface area contributed by atoms with Crippen molar-refractivity contribution in [3.63, 3.8) is 0 Å². The van der Waals surface area contributed by atoms with Gasteiger partial charge >= 0.3 is 12.2 Å². The highest BCUT2D eigenvalue weighted by Gasteiger charge is 2.37. The topological polar surface area (TPSA) is 87.2 Å². The predicted molar refractivity (Wildman–Crippen MR) is 122 cm³/mol. The summed E-state index contributed by atoms with van der Waals surface area (Å²) in [6.45, 7) is 0.248. The van der Waals surface area contributed by atoms with Gasteiger partial charge in [-0.15, -0.1) is 10.2 Å². The summed E-state index contributed by atoms with van der Waals surface area (Å²) < 4.78 is 40.6. The van der Waals surface area contributed by atoms with Crippen LogP contribution in [0.15, 0.2) is 53.0 Å². The van der Waals surface area contributed by atoms with Gasteiger partial charge in [-0.3, -0.25) is 10.1 Å². The highest BCUT2D eigenvalue weighted by atomic mass is 79.9. The third-order valence-electron chi connectivity index (χ3n) is 5.02. The van der Waals surface area contributed by atoms with Gasteiger partial charge in [0.1, 0.15) is 11.0 Å². The number of likely N-dealkylation sites (tertiary alicyclic amines) is 1. The van der Waals surface area contributed by atoms with E-state index in [-0.39, 0.29) is 17.4 Å². The number of aromatic nitrogens is 2. The van der Waals surface area contributed by atoms with Crippen molar-refractivity contribution in [1.29, 1.82) is 0 Å². The highest BCUT2D eigenvalue weighted by Crippen LogP contribution is 2.35. The number of alkyl halides is 3. The minimum Gasteiger partial charge on any atom is -0.312 e. The van der Waals surface area contributed by atoms with Crippen molar-refractivity contribution in [2.24, 2.45) is 0 Å². The first kappa shape index (κ1) is 23.2. The third-order valence-corrected chi connectivity index (χ3v) is 6.40. The van der Waals surface area contributed by atoms with E-state index in [4.69, 9.17) is 0 Å². The number of amides is 3. The molecule has 1 atom stereocenters. The Bertz CT molecular complexity index is 1190. The van der Waals surface area contributed by atoms with Crippen LogP contribution in [0.4, 0.5) is 28.8 Å². The lowest BCUT2D eigenvalue weighted by atomic mass is 10.1. The number of carbonyl (C=O) groups excluding carboxylic acids is 2. The molecule has 1 aliphatic heterocycles. The average Bonchev–Trinajstić information content (AvgIpc) is 3.43. The molecule has 0 aliphatic carbocycles. The first-order valence-corrected chi connectivity index (χ1v) is 11.5. The zero-order valence-electron chi connectivity index (χ0n) is 16.9. The van der Waals surface area contributed by atoms with E-state index >= 15 is 0 Å². The molecule has 0 bridgehead atoms. The number of anilines is 2. The molecule has 4 rings (SSSR count). The number of halogens is 4. The van der Waals surface area contributed by atoms with Crippen LogP contribution in [-0.2, 0) is 11.0 Å². The SMILES string of the molecule is O=C(Nc1nnc(-c2cccc(Br)c2)s1)C1CCCN1C(=O)Nc1ccccc1C(F)(F)F. The molecule has 1 saturated heterocycles. The summed E-state index contributed by atoms with van der Waals surface area (Å²) in [5.74, 6) is -0.469. The summed E-state index contributed by atoms with van der Waals surface area (Å²) in [5.41, 5.74) is -0.482. The van der Waals surface area contributed by atoms with Gasteiger partial charge in [-0.2, -0.15) is 13.2 Å². The molecule has 0 spiro atoms. The smallest absolute Gasteiger partial charge is 0.312 e. The fourth-order valence-corrected chi connectivity index (χ4v) is 4.65. The molecule has 1 fully saturated rings. The molecule has 0 radical (unpaired) electrons. The van der Waals surface area contributed by atoms with Gasteiger partial charge in [-0.25, -0.2) is 4.79 Å². The lowest BCUT2D eigenvalue weighted by Crippen LogP contribution is -2.45. The Morgan fingerprint density at radius 1 is 1.09 bits per heavy atom. The van der Waals surface area contributed by atoms with Crippen molar-refractivity contribution >= 4 is 50.0 Å². The fourth-order valence-electron chi connectivity index (χ4n) is 3.51. The van der Waals surface area contributed by atoms with Crippen molar-refractivity contribution in [3.8, 4) is 10.6 Å². The minimum atomic E-state index is -4.62. The van der Waals surface area contributed by atoms with Gasteiger partial charge < -0.3 is 10.2 Å². The molecule has 0 saturated carbocycles. The second-order valence-corrected chi connectivity index (χ2v) is 9.13. The number of nitrogens with one attached hydrogen (secondary N) is 2. The van der Waals surface area contributed by atoms with Crippen molar-refractivity contribution in [2.75, 3.05) is 17.2 Å². The first-order valence-electron chi connectivity index (χ1n) is 9.86. The van der Waals surface area contributed by atoms with Gasteiger partial charge in [-0.05, 0) is 37.1 Å². The molecule has 172 valence electrons. The van der Waals surface area contributed by atoms with E-state index in [0.29, 0.717) is 17.8 Å². The Morgan fingerprint density at radius 2 is 1.88 bits per heavy atom. The summed E-state index contributed by atoms with van der Waals surface area (Å²) >= 11 is 4.57. The van der Waals surface area contributed by atoms with E-state index in [0.717, 1.165) is 16.1 Å². The molecule has 7 nitrogen and oxygen atoms in total. The van der Waals surface area contributed by atoms with E-state index in [1.807, 2.05) is 24.3 Å². The number of nitrogens with zero attached hydrogens (tertiary/aromatic N) is 3. The maximum Gasteiger partial charge on any atom is 0.418 e. The van der Waals surface area contributed by atoms with Crippen LogP contribution < -0.4 is 10.6 Å². The van der Waals surface area contributed by atoms with Gasteiger partial charge in [0, 0.05) is 16.6 Å². The van der Waals surface area contributed by atoms with E-state index in [1.54, 1.807) is 0 Å². The van der Waals surface area contributed by atoms with Crippen LogP contribution in [0.3, 0.4) is 0 Å². The molecule has 3 aromatic rings. The van der Waals surface area contributed by atoms with Gasteiger partial charge in [0.2, 0.25) is 11.0 Å². The van der Waals surface area contributed by atoms with Crippen LogP contribution >= 0.6 is 27.3 Å².